The molecule has 2 aromatic carbocycles. The highest BCUT2D eigenvalue weighted by Gasteiger charge is 2.61. The van der Waals surface area contributed by atoms with Crippen LogP contribution in [0.1, 0.15) is 44.9 Å². The van der Waals surface area contributed by atoms with Gasteiger partial charge in [-0.25, -0.2) is 9.78 Å². The second-order valence-electron chi connectivity index (χ2n) is 11.3. The summed E-state index contributed by atoms with van der Waals surface area (Å²) in [5.41, 5.74) is 0.184. The first-order valence-corrected chi connectivity index (χ1v) is 15.6. The number of halogens is 1. The molecular weight excluding hydrogens is 576 g/mol. The van der Waals surface area contributed by atoms with Gasteiger partial charge in [0, 0.05) is 23.0 Å². The maximum Gasteiger partial charge on any atom is 0.330 e. The van der Waals surface area contributed by atoms with E-state index < -0.39 is 35.6 Å². The quantitative estimate of drug-likeness (QED) is 0.338. The van der Waals surface area contributed by atoms with Crippen molar-refractivity contribution in [2.24, 2.45) is 5.92 Å². The predicted molar refractivity (Wildman–Crippen MR) is 162 cm³/mol. The number of ether oxygens (including phenoxy) is 1. The van der Waals surface area contributed by atoms with Gasteiger partial charge in [0.15, 0.2) is 0 Å². The normalized spacial score (nSPS) is 29.0. The number of anilines is 1. The number of benzene rings is 2. The number of amides is 2. The summed E-state index contributed by atoms with van der Waals surface area (Å²) >= 11 is 7.63. The van der Waals surface area contributed by atoms with E-state index in [1.807, 2.05) is 48.6 Å². The Labute approximate surface area is 252 Å². The lowest BCUT2D eigenvalue weighted by Crippen LogP contribution is -2.55. The lowest BCUT2D eigenvalue weighted by Gasteiger charge is -2.30. The van der Waals surface area contributed by atoms with Gasteiger partial charge in [0.2, 0.25) is 11.8 Å². The molecule has 0 bridgehead atoms. The Morgan fingerprint density at radius 3 is 2.83 bits per heavy atom. The summed E-state index contributed by atoms with van der Waals surface area (Å²) in [7, 11) is 0. The number of aliphatic carboxylic acids is 1. The number of hydrogen-bond donors (Lipinski definition) is 3. The minimum absolute atomic E-state index is 0.184. The standard InChI is InChI=1S/C31H33ClN4O5S/c32-20-10-8-11-21(15-20)33-24-13-5-3-1-2-4-9-19-17-31(19,29(39)40)35-27(37)25-16-22(18-36(25)28(24)38)41-30-34-23-12-6-7-14-26(23)42-30/h4,6-12,14-15,19,22,24-25,33H,1-3,5,13,16-18H2,(H,35,37)(H,39,40)/b9-4-/t19-,22-,24+,25+,31-/m1/s1. The molecule has 3 aliphatic rings. The van der Waals surface area contributed by atoms with Gasteiger partial charge in [-0.2, -0.15) is 0 Å². The number of nitrogens with one attached hydrogen (secondary N) is 2. The number of thiazole rings is 1. The average molecular weight is 609 g/mol. The Hall–Kier alpha value is -3.63. The number of carboxylic acid groups (broad SMARTS) is 1. The summed E-state index contributed by atoms with van der Waals surface area (Å²) in [5.74, 6) is -2.04. The zero-order chi connectivity index (χ0) is 29.3. The van der Waals surface area contributed by atoms with Crippen LogP contribution in [-0.2, 0) is 14.4 Å². The van der Waals surface area contributed by atoms with Crippen molar-refractivity contribution in [2.75, 3.05) is 11.9 Å². The number of hydrogen-bond acceptors (Lipinski definition) is 7. The highest BCUT2D eigenvalue weighted by atomic mass is 35.5. The number of carbonyl (C=O) groups is 3. The molecule has 11 heteroatoms. The molecule has 2 fully saturated rings. The summed E-state index contributed by atoms with van der Waals surface area (Å²) in [6, 6.07) is 13.5. The van der Waals surface area contributed by atoms with E-state index in [9.17, 15) is 19.5 Å². The van der Waals surface area contributed by atoms with Crippen molar-refractivity contribution in [1.82, 2.24) is 15.2 Å². The number of allylic oxidation sites excluding steroid dienone is 1. The Balaban J connectivity index is 1.29. The van der Waals surface area contributed by atoms with Crippen molar-refractivity contribution in [1.29, 1.82) is 0 Å². The molecule has 0 spiro atoms. The fourth-order valence-corrected chi connectivity index (χ4v) is 7.04. The van der Waals surface area contributed by atoms with Crippen molar-refractivity contribution in [3.05, 3.63) is 65.7 Å². The molecule has 3 aromatic rings. The van der Waals surface area contributed by atoms with Crippen LogP contribution >= 0.6 is 22.9 Å². The topological polar surface area (TPSA) is 121 Å². The van der Waals surface area contributed by atoms with Crippen LogP contribution in [0.4, 0.5) is 5.69 Å². The van der Waals surface area contributed by atoms with Gasteiger partial charge >= 0.3 is 5.97 Å². The van der Waals surface area contributed by atoms with Crippen molar-refractivity contribution in [2.45, 2.75) is 68.7 Å². The van der Waals surface area contributed by atoms with Crippen molar-refractivity contribution >= 4 is 56.6 Å². The Morgan fingerprint density at radius 2 is 2.02 bits per heavy atom. The number of fused-ring (bicyclic) bond motifs is 3. The van der Waals surface area contributed by atoms with E-state index in [0.29, 0.717) is 23.1 Å². The van der Waals surface area contributed by atoms with Gasteiger partial charge in [-0.05, 0) is 56.0 Å². The molecule has 2 amide bonds. The van der Waals surface area contributed by atoms with Crippen LogP contribution in [0, 0.1) is 5.92 Å². The van der Waals surface area contributed by atoms with Gasteiger partial charge in [0.25, 0.3) is 5.19 Å². The zero-order valence-corrected chi connectivity index (χ0v) is 24.6. The van der Waals surface area contributed by atoms with E-state index in [1.54, 1.807) is 17.0 Å². The van der Waals surface area contributed by atoms with E-state index in [4.69, 9.17) is 16.3 Å². The van der Waals surface area contributed by atoms with Crippen LogP contribution in [0.15, 0.2) is 60.7 Å². The molecule has 3 heterocycles. The zero-order valence-electron chi connectivity index (χ0n) is 23.0. The summed E-state index contributed by atoms with van der Waals surface area (Å²) < 4.78 is 7.23. The molecule has 1 aromatic heterocycles. The van der Waals surface area contributed by atoms with Gasteiger partial charge in [-0.3, -0.25) is 9.59 Å². The molecule has 0 unspecified atom stereocenters. The third kappa shape index (κ3) is 5.96. The number of nitrogens with zero attached hydrogens (tertiary/aromatic N) is 2. The summed E-state index contributed by atoms with van der Waals surface area (Å²) in [6.07, 6.45) is 8.06. The maximum absolute atomic E-state index is 14.2. The van der Waals surface area contributed by atoms with E-state index in [0.717, 1.165) is 41.6 Å². The Kier molecular flexibility index (Phi) is 8.09. The molecular formula is C31H33ClN4O5S. The van der Waals surface area contributed by atoms with Crippen molar-refractivity contribution in [3.63, 3.8) is 0 Å². The molecule has 1 aliphatic carbocycles. The molecule has 3 N–H and O–H groups in total. The van der Waals surface area contributed by atoms with E-state index in [2.05, 4.69) is 15.6 Å². The highest BCUT2D eigenvalue weighted by Crippen LogP contribution is 2.45. The fraction of sp³-hybridized carbons (Fsp3) is 0.419. The molecule has 6 rings (SSSR count). The first-order valence-electron chi connectivity index (χ1n) is 14.4. The minimum atomic E-state index is -1.35. The number of carboxylic acids is 1. The third-order valence-corrected chi connectivity index (χ3v) is 9.49. The molecule has 0 radical (unpaired) electrons. The molecule has 1 saturated carbocycles. The number of para-hydroxylation sites is 1. The summed E-state index contributed by atoms with van der Waals surface area (Å²) in [5, 5.41) is 17.3. The monoisotopic (exact) mass is 608 g/mol. The molecule has 9 nitrogen and oxygen atoms in total. The van der Waals surface area contributed by atoms with E-state index in [-0.39, 0.29) is 24.8 Å². The largest absolute Gasteiger partial charge is 0.479 e. The minimum Gasteiger partial charge on any atom is -0.479 e. The summed E-state index contributed by atoms with van der Waals surface area (Å²) in [4.78, 5) is 46.4. The van der Waals surface area contributed by atoms with E-state index >= 15 is 0 Å². The SMILES string of the molecule is O=C1N[C@]2(C(=O)O)C[C@H]2/C=C\CCCCC[C@H](Nc2cccc(Cl)c2)C(=O)N2C[C@H](Oc3nc4ccccc4s3)C[C@@H]12. The molecule has 5 atom stereocenters. The average Bonchev–Trinajstić information content (AvgIpc) is 3.28. The van der Waals surface area contributed by atoms with Gasteiger partial charge in [-0.1, -0.05) is 66.1 Å². The van der Waals surface area contributed by atoms with Crippen molar-refractivity contribution < 1.29 is 24.2 Å². The first-order chi connectivity index (χ1) is 20.3. The lowest BCUT2D eigenvalue weighted by atomic mass is 10.0. The Morgan fingerprint density at radius 1 is 1.17 bits per heavy atom. The third-order valence-electron chi connectivity index (χ3n) is 8.33. The number of rotatable bonds is 5. The van der Waals surface area contributed by atoms with E-state index in [1.165, 1.54) is 11.3 Å². The van der Waals surface area contributed by atoms with Crippen LogP contribution in [0.3, 0.4) is 0 Å². The molecule has 42 heavy (non-hydrogen) atoms. The first kappa shape index (κ1) is 28.5. The second kappa shape index (κ2) is 11.9. The maximum atomic E-state index is 14.2. The number of aromatic nitrogens is 1. The lowest BCUT2D eigenvalue weighted by molar-refractivity contribution is -0.145. The molecule has 2 aliphatic heterocycles. The van der Waals surface area contributed by atoms with Gasteiger partial charge in [0.05, 0.1) is 16.8 Å². The van der Waals surface area contributed by atoms with Crippen LogP contribution < -0.4 is 15.4 Å². The smallest absolute Gasteiger partial charge is 0.330 e. The number of carbonyl (C=O) groups excluding carboxylic acids is 2. The molecule has 220 valence electrons. The highest BCUT2D eigenvalue weighted by molar-refractivity contribution is 7.20. The van der Waals surface area contributed by atoms with Gasteiger partial charge in [-0.15, -0.1) is 0 Å². The van der Waals surface area contributed by atoms with Crippen LogP contribution in [-0.4, -0.2) is 63.0 Å². The fourth-order valence-electron chi connectivity index (χ4n) is 5.97. The van der Waals surface area contributed by atoms with Gasteiger partial charge < -0.3 is 25.4 Å². The van der Waals surface area contributed by atoms with Crippen LogP contribution in [0.2, 0.25) is 5.02 Å². The van der Waals surface area contributed by atoms with Gasteiger partial charge in [0.1, 0.15) is 23.7 Å². The van der Waals surface area contributed by atoms with Crippen LogP contribution in [0.5, 0.6) is 5.19 Å². The summed E-state index contributed by atoms with van der Waals surface area (Å²) in [6.45, 7) is 0.184. The second-order valence-corrected chi connectivity index (χ2v) is 12.7. The van der Waals surface area contributed by atoms with Crippen molar-refractivity contribution in [3.8, 4) is 5.19 Å². The molecule has 1 saturated heterocycles. The van der Waals surface area contributed by atoms with Crippen LogP contribution in [0.25, 0.3) is 10.2 Å². The Bertz CT molecular complexity index is 1490. The predicted octanol–water partition coefficient (Wildman–Crippen LogP) is 5.26.